The first-order chi connectivity index (χ1) is 10.3. The van der Waals surface area contributed by atoms with Crippen molar-refractivity contribution in [3.63, 3.8) is 0 Å². The second-order valence-corrected chi connectivity index (χ2v) is 4.83. The fourth-order valence-electron chi connectivity index (χ4n) is 2.29. The molecule has 22 heavy (non-hydrogen) atoms. The molecule has 0 fully saturated rings. The van der Waals surface area contributed by atoms with Crippen molar-refractivity contribution in [3.8, 4) is 0 Å². The quantitative estimate of drug-likeness (QED) is 0.448. The fraction of sp³-hybridized carbons (Fsp3) is 0.200. The van der Waals surface area contributed by atoms with Gasteiger partial charge in [-0.15, -0.1) is 0 Å². The van der Waals surface area contributed by atoms with Crippen molar-refractivity contribution in [2.45, 2.75) is 13.3 Å². The molecule has 114 valence electrons. The summed E-state index contributed by atoms with van der Waals surface area (Å²) in [7, 11) is 0. The molecule has 7 heteroatoms. The van der Waals surface area contributed by atoms with Crippen molar-refractivity contribution >= 4 is 23.8 Å². The van der Waals surface area contributed by atoms with Crippen LogP contribution in [0.1, 0.15) is 13.3 Å². The summed E-state index contributed by atoms with van der Waals surface area (Å²) >= 11 is 0. The van der Waals surface area contributed by atoms with Gasteiger partial charge in [0.25, 0.3) is 11.8 Å². The number of amides is 2. The van der Waals surface area contributed by atoms with E-state index in [2.05, 4.69) is 0 Å². The molecule has 0 bridgehead atoms. The third-order valence-electron chi connectivity index (χ3n) is 3.35. The van der Waals surface area contributed by atoms with Crippen LogP contribution in [0.5, 0.6) is 0 Å². The lowest BCUT2D eigenvalue weighted by atomic mass is 9.93. The van der Waals surface area contributed by atoms with E-state index in [1.54, 1.807) is 12.2 Å². The first-order valence-corrected chi connectivity index (χ1v) is 6.43. The van der Waals surface area contributed by atoms with Gasteiger partial charge in [-0.1, -0.05) is 18.2 Å². The Balaban J connectivity index is 2.55. The van der Waals surface area contributed by atoms with E-state index in [1.807, 2.05) is 6.08 Å². The number of rotatable bonds is 4. The summed E-state index contributed by atoms with van der Waals surface area (Å²) in [4.78, 5) is 46.9. The van der Waals surface area contributed by atoms with Crippen molar-refractivity contribution in [1.82, 2.24) is 4.90 Å². The maximum Gasteiger partial charge on any atom is 0.341 e. The Morgan fingerprint density at radius 1 is 1.27 bits per heavy atom. The molecule has 2 aliphatic rings. The number of nitrogens with zero attached hydrogens (tertiary/aromatic N) is 1. The maximum atomic E-state index is 12.3. The number of carbonyl (C=O) groups excluding carboxylic acids is 2. The highest BCUT2D eigenvalue weighted by Gasteiger charge is 2.39. The molecule has 0 aromatic heterocycles. The standard InChI is InChI=1S/C15H13NO6/c1-8-10(6-9-4-2-3-5-9)13(19)16(7-11(17)18)14(20)12(8)15(21)22/h2-4,6H,5,7H2,1H3,(H,17,18)(H,21,22)/b10-6-. The molecule has 7 nitrogen and oxygen atoms in total. The Bertz CT molecular complexity index is 708. The predicted molar refractivity (Wildman–Crippen MR) is 74.6 cm³/mol. The van der Waals surface area contributed by atoms with Crippen molar-refractivity contribution in [1.29, 1.82) is 0 Å². The number of allylic oxidation sites excluding steroid dienone is 5. The summed E-state index contributed by atoms with van der Waals surface area (Å²) in [5.74, 6) is -4.79. The molecule has 1 aliphatic carbocycles. The van der Waals surface area contributed by atoms with Crippen LogP contribution >= 0.6 is 0 Å². The van der Waals surface area contributed by atoms with Crippen LogP contribution in [-0.4, -0.2) is 45.4 Å². The van der Waals surface area contributed by atoms with Crippen LogP contribution in [-0.2, 0) is 19.2 Å². The number of hydrogen-bond donors (Lipinski definition) is 2. The van der Waals surface area contributed by atoms with Gasteiger partial charge in [-0.2, -0.15) is 0 Å². The van der Waals surface area contributed by atoms with Gasteiger partial charge in [0.2, 0.25) is 0 Å². The van der Waals surface area contributed by atoms with Crippen LogP contribution in [0.15, 0.2) is 46.6 Å². The second-order valence-electron chi connectivity index (χ2n) is 4.83. The van der Waals surface area contributed by atoms with Gasteiger partial charge in [-0.05, 0) is 30.6 Å². The monoisotopic (exact) mass is 303 g/mol. The number of carboxylic acids is 2. The van der Waals surface area contributed by atoms with Crippen molar-refractivity contribution in [2.75, 3.05) is 6.54 Å². The zero-order chi connectivity index (χ0) is 16.4. The number of imide groups is 1. The first-order valence-electron chi connectivity index (χ1n) is 6.43. The van der Waals surface area contributed by atoms with E-state index in [1.165, 1.54) is 13.0 Å². The van der Waals surface area contributed by atoms with Crippen LogP contribution < -0.4 is 0 Å². The average molecular weight is 303 g/mol. The van der Waals surface area contributed by atoms with E-state index in [-0.39, 0.29) is 11.1 Å². The lowest BCUT2D eigenvalue weighted by Crippen LogP contribution is -2.47. The maximum absolute atomic E-state index is 12.3. The summed E-state index contributed by atoms with van der Waals surface area (Å²) in [6.07, 6.45) is 7.47. The van der Waals surface area contributed by atoms with Crippen molar-refractivity contribution in [2.24, 2.45) is 0 Å². The summed E-state index contributed by atoms with van der Waals surface area (Å²) in [6, 6.07) is 0. The van der Waals surface area contributed by atoms with Crippen LogP contribution in [0.3, 0.4) is 0 Å². The summed E-state index contributed by atoms with van der Waals surface area (Å²) in [5, 5.41) is 18.0. The molecule has 1 aliphatic heterocycles. The van der Waals surface area contributed by atoms with Gasteiger partial charge in [0, 0.05) is 5.57 Å². The van der Waals surface area contributed by atoms with Gasteiger partial charge in [-0.3, -0.25) is 19.3 Å². The number of aliphatic carboxylic acids is 2. The topological polar surface area (TPSA) is 112 Å². The van der Waals surface area contributed by atoms with Gasteiger partial charge >= 0.3 is 11.9 Å². The number of carbonyl (C=O) groups is 4. The molecule has 2 amide bonds. The molecule has 0 atom stereocenters. The molecular formula is C15H13NO6. The van der Waals surface area contributed by atoms with E-state index in [0.29, 0.717) is 11.3 Å². The molecule has 2 N–H and O–H groups in total. The number of carboxylic acid groups (broad SMARTS) is 2. The van der Waals surface area contributed by atoms with E-state index in [0.717, 1.165) is 5.57 Å². The largest absolute Gasteiger partial charge is 0.480 e. The normalized spacial score (nSPS) is 20.0. The number of hydrogen-bond acceptors (Lipinski definition) is 4. The van der Waals surface area contributed by atoms with Gasteiger partial charge in [0.15, 0.2) is 0 Å². The van der Waals surface area contributed by atoms with Crippen LogP contribution in [0, 0.1) is 0 Å². The second kappa shape index (κ2) is 5.80. The molecule has 0 saturated carbocycles. The van der Waals surface area contributed by atoms with Crippen molar-refractivity contribution in [3.05, 3.63) is 46.6 Å². The highest BCUT2D eigenvalue weighted by molar-refractivity contribution is 6.27. The molecule has 0 aromatic rings. The third kappa shape index (κ3) is 2.73. The van der Waals surface area contributed by atoms with E-state index in [4.69, 9.17) is 5.11 Å². The minimum atomic E-state index is -1.49. The molecule has 1 heterocycles. The third-order valence-corrected chi connectivity index (χ3v) is 3.35. The molecule has 0 spiro atoms. The smallest absolute Gasteiger partial charge is 0.341 e. The Labute approximate surface area is 125 Å². The Morgan fingerprint density at radius 3 is 2.45 bits per heavy atom. The minimum absolute atomic E-state index is 0.0215. The summed E-state index contributed by atoms with van der Waals surface area (Å²) in [5.41, 5.74) is 0.251. The van der Waals surface area contributed by atoms with E-state index in [9.17, 15) is 24.3 Å². The van der Waals surface area contributed by atoms with E-state index >= 15 is 0 Å². The van der Waals surface area contributed by atoms with E-state index < -0.39 is 35.9 Å². The zero-order valence-corrected chi connectivity index (χ0v) is 11.7. The van der Waals surface area contributed by atoms with Crippen LogP contribution in [0.25, 0.3) is 0 Å². The van der Waals surface area contributed by atoms with Crippen molar-refractivity contribution < 1.29 is 29.4 Å². The van der Waals surface area contributed by atoms with Crippen LogP contribution in [0.4, 0.5) is 0 Å². The fourth-order valence-corrected chi connectivity index (χ4v) is 2.29. The lowest BCUT2D eigenvalue weighted by Gasteiger charge is -2.27. The molecule has 0 radical (unpaired) electrons. The molecular weight excluding hydrogens is 290 g/mol. The predicted octanol–water partition coefficient (Wildman–Crippen LogP) is 0.654. The lowest BCUT2D eigenvalue weighted by molar-refractivity contribution is -0.151. The highest BCUT2D eigenvalue weighted by Crippen LogP contribution is 2.27. The van der Waals surface area contributed by atoms with Gasteiger partial charge in [0.05, 0.1) is 0 Å². The van der Waals surface area contributed by atoms with Crippen LogP contribution in [0.2, 0.25) is 0 Å². The Kier molecular flexibility index (Phi) is 4.07. The van der Waals surface area contributed by atoms with Gasteiger partial charge in [-0.25, -0.2) is 4.79 Å². The Morgan fingerprint density at radius 2 is 1.95 bits per heavy atom. The first kappa shape index (κ1) is 15.4. The average Bonchev–Trinajstić information content (AvgIpc) is 2.92. The SMILES string of the molecule is CC1=C(C(=O)O)C(=O)N(CC(=O)O)C(=O)/C1=C\C1=CC=CC1. The highest BCUT2D eigenvalue weighted by atomic mass is 16.4. The molecule has 0 aromatic carbocycles. The molecule has 0 saturated heterocycles. The minimum Gasteiger partial charge on any atom is -0.480 e. The summed E-state index contributed by atoms with van der Waals surface area (Å²) in [6.45, 7) is 0.489. The Hall–Kier alpha value is -2.96. The van der Waals surface area contributed by atoms with Gasteiger partial charge < -0.3 is 10.2 Å². The summed E-state index contributed by atoms with van der Waals surface area (Å²) < 4.78 is 0. The molecule has 0 unspecified atom stereocenters. The van der Waals surface area contributed by atoms with Gasteiger partial charge in [0.1, 0.15) is 12.1 Å². The molecule has 2 rings (SSSR count). The zero-order valence-electron chi connectivity index (χ0n) is 11.7.